The summed E-state index contributed by atoms with van der Waals surface area (Å²) in [4.78, 5) is 8.27. The molecule has 0 saturated carbocycles. The minimum absolute atomic E-state index is 0. The van der Waals surface area contributed by atoms with Crippen LogP contribution >= 0.6 is 0 Å². The number of anilines is 2. The van der Waals surface area contributed by atoms with Crippen LogP contribution < -0.4 is 14.8 Å². The number of nitrogens with zero attached hydrogens (tertiary/aromatic N) is 5. The zero-order valence-corrected chi connectivity index (χ0v) is 38.5. The fourth-order valence-corrected chi connectivity index (χ4v) is 9.80. The molecule has 0 amide bonds. The summed E-state index contributed by atoms with van der Waals surface area (Å²) in [5, 5.41) is 2.31. The van der Waals surface area contributed by atoms with Crippen molar-refractivity contribution in [3.05, 3.63) is 224 Å². The molecule has 65 heavy (non-hydrogen) atoms. The summed E-state index contributed by atoms with van der Waals surface area (Å²) < 4.78 is 6.84. The molecule has 1 aliphatic heterocycles. The van der Waals surface area contributed by atoms with Gasteiger partial charge in [-0.1, -0.05) is 159 Å². The van der Waals surface area contributed by atoms with E-state index in [1.165, 1.54) is 22.1 Å². The number of imidazole rings is 1. The molecule has 0 spiro atoms. The standard InChI is InChI=1S/C58H42BN5.Pt/c1-58(2,3)41-37-54(63-51-34-17-15-29-47(51)48-30-16-18-35-52(48)63)60-55(38-41)64(43-25-11-6-12-26-43)59-56-44(40-21-7-4-8-22-40)31-19-32-49(56)45-27-13-14-28-46(45)50-33-20-36-53-57(50)62(59)39-61(53)42-23-9-5-10-24-42;/h4-23,25-34,36-38H,1-3H3;/q-2;. The summed E-state index contributed by atoms with van der Waals surface area (Å²) in [6.45, 7) is 6.36. The van der Waals surface area contributed by atoms with Crippen molar-refractivity contribution in [2.75, 3.05) is 4.81 Å². The average Bonchev–Trinajstić information content (AvgIpc) is 3.90. The predicted octanol–water partition coefficient (Wildman–Crippen LogP) is 12.5. The Hall–Kier alpha value is -7.27. The van der Waals surface area contributed by atoms with Crippen LogP contribution in [0.4, 0.5) is 11.5 Å². The molecular formula is C58H42BN5Pt-2. The van der Waals surface area contributed by atoms with E-state index < -0.39 is 6.98 Å². The Morgan fingerprint density at radius 1 is 0.569 bits per heavy atom. The normalized spacial score (nSPS) is 12.1. The van der Waals surface area contributed by atoms with Crippen molar-refractivity contribution >= 4 is 56.8 Å². The van der Waals surface area contributed by atoms with Crippen LogP contribution in [0.15, 0.2) is 200 Å². The number of benzene rings is 8. The summed E-state index contributed by atoms with van der Waals surface area (Å²) in [5.41, 5.74) is 15.1. The minimum atomic E-state index is -0.504. The van der Waals surface area contributed by atoms with Crippen molar-refractivity contribution < 1.29 is 25.5 Å². The molecule has 0 unspecified atom stereocenters. The molecule has 0 atom stereocenters. The van der Waals surface area contributed by atoms with Crippen molar-refractivity contribution in [2.24, 2.45) is 0 Å². The second-order valence-corrected chi connectivity index (χ2v) is 17.6. The Morgan fingerprint density at radius 2 is 1.20 bits per heavy atom. The number of pyridine rings is 1. The van der Waals surface area contributed by atoms with Gasteiger partial charge in [-0.15, -0.1) is 5.39 Å². The van der Waals surface area contributed by atoms with Crippen LogP contribution in [-0.2, 0) is 26.5 Å². The molecule has 0 aliphatic carbocycles. The zero-order chi connectivity index (χ0) is 42.9. The maximum atomic E-state index is 5.83. The van der Waals surface area contributed by atoms with Crippen LogP contribution in [0.25, 0.3) is 77.7 Å². The fourth-order valence-electron chi connectivity index (χ4n) is 9.80. The Kier molecular flexibility index (Phi) is 10.0. The van der Waals surface area contributed by atoms with Gasteiger partial charge in [0.05, 0.1) is 11.0 Å². The van der Waals surface area contributed by atoms with Crippen LogP contribution in [-0.4, -0.2) is 21.1 Å². The van der Waals surface area contributed by atoms with Crippen molar-refractivity contribution in [3.8, 4) is 44.9 Å². The van der Waals surface area contributed by atoms with Crippen LogP contribution in [0.3, 0.4) is 0 Å². The fraction of sp³-hybridized carbons (Fsp3) is 0.0690. The van der Waals surface area contributed by atoms with Gasteiger partial charge < -0.3 is 18.4 Å². The first-order valence-electron chi connectivity index (χ1n) is 21.9. The zero-order valence-electron chi connectivity index (χ0n) is 36.2. The molecule has 0 saturated heterocycles. The maximum Gasteiger partial charge on any atom is 0.526 e. The third kappa shape index (κ3) is 6.66. The first-order chi connectivity index (χ1) is 31.4. The van der Waals surface area contributed by atoms with Gasteiger partial charge in [-0.2, -0.15) is 54.6 Å². The molecule has 1 aliphatic rings. The molecule has 8 aromatic carbocycles. The molecule has 4 heterocycles. The van der Waals surface area contributed by atoms with Crippen molar-refractivity contribution in [2.45, 2.75) is 26.2 Å². The van der Waals surface area contributed by atoms with Crippen LogP contribution in [0, 0.1) is 18.5 Å². The van der Waals surface area contributed by atoms with Crippen molar-refractivity contribution in [1.29, 1.82) is 0 Å². The summed E-state index contributed by atoms with van der Waals surface area (Å²) in [6.07, 6.45) is 3.99. The van der Waals surface area contributed by atoms with Gasteiger partial charge in [0.25, 0.3) is 0 Å². The van der Waals surface area contributed by atoms with Gasteiger partial charge in [-0.3, -0.25) is 0 Å². The number of aromatic nitrogens is 4. The third-order valence-electron chi connectivity index (χ3n) is 12.8. The number of fused-ring (bicyclic) bond motifs is 7. The van der Waals surface area contributed by atoms with E-state index in [0.717, 1.165) is 78.2 Å². The van der Waals surface area contributed by atoms with E-state index >= 15 is 0 Å². The van der Waals surface area contributed by atoms with Crippen LogP contribution in [0.5, 0.6) is 0 Å². The van der Waals surface area contributed by atoms with Gasteiger partial charge >= 0.3 is 6.98 Å². The van der Waals surface area contributed by atoms with Gasteiger partial charge in [-0.05, 0) is 80.1 Å². The molecule has 0 bridgehead atoms. The molecule has 5 nitrogen and oxygen atoms in total. The number of hydrogen-bond acceptors (Lipinski definition) is 2. The van der Waals surface area contributed by atoms with Crippen LogP contribution in [0.1, 0.15) is 26.3 Å². The van der Waals surface area contributed by atoms with Gasteiger partial charge in [-0.25, -0.2) is 4.98 Å². The number of para-hydroxylation sites is 5. The molecule has 3 aromatic heterocycles. The molecule has 11 aromatic rings. The summed E-state index contributed by atoms with van der Waals surface area (Å²) in [6, 6.07) is 78.6. The van der Waals surface area contributed by atoms with E-state index in [2.05, 4.69) is 240 Å². The third-order valence-corrected chi connectivity index (χ3v) is 12.8. The Balaban J connectivity index is 0.00000469. The van der Waals surface area contributed by atoms with E-state index in [-0.39, 0.29) is 26.5 Å². The number of hydrogen-bond donors (Lipinski definition) is 0. The first-order valence-corrected chi connectivity index (χ1v) is 21.9. The summed E-state index contributed by atoms with van der Waals surface area (Å²) >= 11 is 0. The Bertz CT molecular complexity index is 3500. The largest absolute Gasteiger partial charge is 0.526 e. The van der Waals surface area contributed by atoms with E-state index in [1.807, 2.05) is 18.2 Å². The molecule has 314 valence electrons. The maximum absolute atomic E-state index is 5.83. The van der Waals surface area contributed by atoms with Crippen molar-refractivity contribution in [3.63, 3.8) is 0 Å². The molecule has 0 N–H and O–H groups in total. The van der Waals surface area contributed by atoms with E-state index in [4.69, 9.17) is 4.98 Å². The SMILES string of the molecule is CC(C)(C)c1cc(N(B2c3c(-c4ccccc4)cccc3-c3ccccc3-c3cccc4c3[n+]2[c-]n4-c2[c-]cccc2)c2ccccc2)nc(-n2c3[c-]cccc3c3ccccc32)c1.[Pt]. The van der Waals surface area contributed by atoms with Crippen molar-refractivity contribution in [1.82, 2.24) is 14.1 Å². The van der Waals surface area contributed by atoms with Gasteiger partial charge in [0.1, 0.15) is 11.6 Å². The second-order valence-electron chi connectivity index (χ2n) is 17.6. The second kappa shape index (κ2) is 16.1. The quantitative estimate of drug-likeness (QED) is 0.123. The average molecular weight is 1010 g/mol. The van der Waals surface area contributed by atoms with E-state index in [0.29, 0.717) is 0 Å². The summed E-state index contributed by atoms with van der Waals surface area (Å²) in [7, 11) is 0. The topological polar surface area (TPSA) is 29.9 Å². The van der Waals surface area contributed by atoms with E-state index in [1.54, 1.807) is 0 Å². The molecule has 12 rings (SSSR count). The first kappa shape index (κ1) is 40.5. The Labute approximate surface area is 394 Å². The molecule has 0 radical (unpaired) electrons. The molecule has 0 fully saturated rings. The summed E-state index contributed by atoms with van der Waals surface area (Å²) in [5.74, 6) is 1.65. The van der Waals surface area contributed by atoms with Crippen LogP contribution in [0.2, 0.25) is 0 Å². The number of rotatable bonds is 6. The van der Waals surface area contributed by atoms with Gasteiger partial charge in [0.2, 0.25) is 6.33 Å². The minimum Gasteiger partial charge on any atom is -0.354 e. The van der Waals surface area contributed by atoms with Gasteiger partial charge in [0, 0.05) is 37.7 Å². The molecule has 7 heteroatoms. The Morgan fingerprint density at radius 3 is 1.98 bits per heavy atom. The predicted molar refractivity (Wildman–Crippen MR) is 263 cm³/mol. The van der Waals surface area contributed by atoms with Gasteiger partial charge in [0.15, 0.2) is 0 Å². The smallest absolute Gasteiger partial charge is 0.354 e. The van der Waals surface area contributed by atoms with E-state index in [9.17, 15) is 0 Å². The molecular weight excluding hydrogens is 973 g/mol. The monoisotopic (exact) mass is 1010 g/mol.